The predicted octanol–water partition coefficient (Wildman–Crippen LogP) is 1.48. The first-order chi connectivity index (χ1) is 10.7. The molecule has 0 saturated carbocycles. The molecule has 0 saturated heterocycles. The van der Waals surface area contributed by atoms with Crippen LogP contribution in [-0.4, -0.2) is 30.4 Å². The molecule has 0 aliphatic carbocycles. The molecule has 126 valence electrons. The van der Waals surface area contributed by atoms with Gasteiger partial charge in [-0.05, 0) is 38.8 Å². The van der Waals surface area contributed by atoms with Crippen molar-refractivity contribution in [1.82, 2.24) is 5.32 Å². The van der Waals surface area contributed by atoms with E-state index in [9.17, 15) is 14.4 Å². The van der Waals surface area contributed by atoms with Crippen LogP contribution in [-0.2, 0) is 14.3 Å². The van der Waals surface area contributed by atoms with Gasteiger partial charge in [0.2, 0.25) is 5.91 Å². The van der Waals surface area contributed by atoms with E-state index < -0.39 is 29.7 Å². The molecular weight excluding hydrogens is 296 g/mol. The van der Waals surface area contributed by atoms with E-state index in [1.807, 2.05) is 19.9 Å². The highest BCUT2D eigenvalue weighted by atomic mass is 16.5. The maximum atomic E-state index is 12.3. The summed E-state index contributed by atoms with van der Waals surface area (Å²) >= 11 is 0. The smallest absolute Gasteiger partial charge is 0.306 e. The van der Waals surface area contributed by atoms with E-state index in [4.69, 9.17) is 10.5 Å². The summed E-state index contributed by atoms with van der Waals surface area (Å²) in [5, 5.41) is 2.61. The molecule has 6 nitrogen and oxygen atoms in total. The van der Waals surface area contributed by atoms with E-state index in [1.54, 1.807) is 26.0 Å². The highest BCUT2D eigenvalue weighted by Crippen LogP contribution is 2.13. The largest absolute Gasteiger partial charge is 0.466 e. The maximum Gasteiger partial charge on any atom is 0.306 e. The molecule has 0 spiro atoms. The summed E-state index contributed by atoms with van der Waals surface area (Å²) in [7, 11) is 0. The summed E-state index contributed by atoms with van der Waals surface area (Å²) in [6.07, 6.45) is 0.00850. The zero-order chi connectivity index (χ0) is 17.6. The van der Waals surface area contributed by atoms with Gasteiger partial charge in [0.05, 0.1) is 13.0 Å². The monoisotopic (exact) mass is 320 g/mol. The van der Waals surface area contributed by atoms with Gasteiger partial charge in [0.15, 0.2) is 0 Å². The highest BCUT2D eigenvalue weighted by molar-refractivity contribution is 5.97. The number of aryl methyl sites for hydroxylation is 2. The molecule has 1 rings (SSSR count). The Morgan fingerprint density at radius 1 is 1.17 bits per heavy atom. The van der Waals surface area contributed by atoms with Gasteiger partial charge in [0.25, 0.3) is 5.91 Å². The second kappa shape index (κ2) is 8.31. The number of rotatable bonds is 7. The van der Waals surface area contributed by atoms with Crippen molar-refractivity contribution in [3.05, 3.63) is 34.9 Å². The average molecular weight is 320 g/mol. The van der Waals surface area contributed by atoms with Gasteiger partial charge < -0.3 is 15.8 Å². The minimum absolute atomic E-state index is 0.00850. The molecule has 0 unspecified atom stereocenters. The van der Waals surface area contributed by atoms with Crippen LogP contribution in [0.2, 0.25) is 0 Å². The molecular formula is C17H24N2O4. The van der Waals surface area contributed by atoms with E-state index in [1.165, 1.54) is 0 Å². The fourth-order valence-electron chi connectivity index (χ4n) is 2.42. The Labute approximate surface area is 136 Å². The molecule has 1 aromatic carbocycles. The number of nitrogens with two attached hydrogens (primary N) is 1. The molecule has 2 atom stereocenters. The van der Waals surface area contributed by atoms with Crippen LogP contribution in [0.25, 0.3) is 0 Å². The second-order valence-corrected chi connectivity index (χ2v) is 5.72. The summed E-state index contributed by atoms with van der Waals surface area (Å²) in [6, 6.07) is 4.48. The number of esters is 1. The quantitative estimate of drug-likeness (QED) is 0.743. The molecule has 0 aliphatic heterocycles. The number of nitrogens with one attached hydrogen (secondary N) is 1. The van der Waals surface area contributed by atoms with Gasteiger partial charge >= 0.3 is 5.97 Å². The molecule has 0 aromatic heterocycles. The van der Waals surface area contributed by atoms with Crippen LogP contribution < -0.4 is 11.1 Å². The number of benzene rings is 1. The lowest BCUT2D eigenvalue weighted by atomic mass is 9.97. The Bertz CT molecular complexity index is 578. The third-order valence-electron chi connectivity index (χ3n) is 3.44. The van der Waals surface area contributed by atoms with Gasteiger partial charge in [-0.1, -0.05) is 24.1 Å². The van der Waals surface area contributed by atoms with E-state index in [2.05, 4.69) is 5.32 Å². The average Bonchev–Trinajstić information content (AvgIpc) is 2.42. The minimum Gasteiger partial charge on any atom is -0.466 e. The Hall–Kier alpha value is -2.37. The van der Waals surface area contributed by atoms with E-state index >= 15 is 0 Å². The van der Waals surface area contributed by atoms with Crippen LogP contribution in [0.5, 0.6) is 0 Å². The highest BCUT2D eigenvalue weighted by Gasteiger charge is 2.27. The third-order valence-corrected chi connectivity index (χ3v) is 3.44. The van der Waals surface area contributed by atoms with Crippen molar-refractivity contribution < 1.29 is 19.1 Å². The lowest BCUT2D eigenvalue weighted by Crippen LogP contribution is -2.49. The van der Waals surface area contributed by atoms with Crippen molar-refractivity contribution in [2.75, 3.05) is 6.61 Å². The first-order valence-electron chi connectivity index (χ1n) is 7.58. The van der Waals surface area contributed by atoms with Crippen LogP contribution >= 0.6 is 0 Å². The van der Waals surface area contributed by atoms with E-state index in [0.29, 0.717) is 5.56 Å². The van der Waals surface area contributed by atoms with Crippen LogP contribution in [0, 0.1) is 19.8 Å². The van der Waals surface area contributed by atoms with E-state index in [0.717, 1.165) is 11.1 Å². The number of hydrogen-bond acceptors (Lipinski definition) is 4. The fourth-order valence-corrected chi connectivity index (χ4v) is 2.42. The Morgan fingerprint density at radius 2 is 1.74 bits per heavy atom. The van der Waals surface area contributed by atoms with Gasteiger partial charge in [-0.2, -0.15) is 0 Å². The number of hydrogen-bond donors (Lipinski definition) is 2. The first kappa shape index (κ1) is 18.7. The zero-order valence-corrected chi connectivity index (χ0v) is 14.0. The van der Waals surface area contributed by atoms with Gasteiger partial charge in [-0.15, -0.1) is 0 Å². The standard InChI is InChI=1S/C17H24N2O4/c1-5-23-14(20)9-12(4)15(16(18)21)19-17(22)13-7-10(2)6-11(3)8-13/h6-8,12,15H,5,9H2,1-4H3,(H2,18,21)(H,19,22)/t12-,15-/m1/s1. The number of carbonyl (C=O) groups excluding carboxylic acids is 3. The summed E-state index contributed by atoms with van der Waals surface area (Å²) in [5.74, 6) is -1.95. The minimum atomic E-state index is -0.937. The van der Waals surface area contributed by atoms with Crippen molar-refractivity contribution in [3.63, 3.8) is 0 Å². The molecule has 23 heavy (non-hydrogen) atoms. The van der Waals surface area contributed by atoms with Gasteiger partial charge in [0.1, 0.15) is 6.04 Å². The second-order valence-electron chi connectivity index (χ2n) is 5.72. The molecule has 0 radical (unpaired) electrons. The lowest BCUT2D eigenvalue weighted by Gasteiger charge is -2.22. The third kappa shape index (κ3) is 5.73. The number of ether oxygens (including phenoxy) is 1. The predicted molar refractivity (Wildman–Crippen MR) is 86.8 cm³/mol. The van der Waals surface area contributed by atoms with Crippen LogP contribution in [0.1, 0.15) is 41.8 Å². The van der Waals surface area contributed by atoms with Crippen molar-refractivity contribution in [3.8, 4) is 0 Å². The van der Waals surface area contributed by atoms with Crippen LogP contribution in [0.3, 0.4) is 0 Å². The van der Waals surface area contributed by atoms with Crippen molar-refractivity contribution in [2.24, 2.45) is 11.7 Å². The van der Waals surface area contributed by atoms with Crippen molar-refractivity contribution in [1.29, 1.82) is 0 Å². The summed E-state index contributed by atoms with van der Waals surface area (Å²) < 4.78 is 4.86. The summed E-state index contributed by atoms with van der Waals surface area (Å²) in [5.41, 5.74) is 7.72. The van der Waals surface area contributed by atoms with Gasteiger partial charge in [0, 0.05) is 5.56 Å². The normalized spacial score (nSPS) is 13.0. The zero-order valence-electron chi connectivity index (χ0n) is 14.0. The van der Waals surface area contributed by atoms with E-state index in [-0.39, 0.29) is 13.0 Å². The molecule has 0 fully saturated rings. The number of primary amides is 1. The van der Waals surface area contributed by atoms with Crippen LogP contribution in [0.4, 0.5) is 0 Å². The molecule has 3 N–H and O–H groups in total. The van der Waals surface area contributed by atoms with Gasteiger partial charge in [-0.3, -0.25) is 14.4 Å². The fraction of sp³-hybridized carbons (Fsp3) is 0.471. The summed E-state index contributed by atoms with van der Waals surface area (Å²) in [6.45, 7) is 7.42. The Kier molecular flexibility index (Phi) is 6.75. The molecule has 0 heterocycles. The Morgan fingerprint density at radius 3 is 2.22 bits per heavy atom. The summed E-state index contributed by atoms with van der Waals surface area (Å²) in [4.78, 5) is 35.5. The molecule has 2 amide bonds. The number of amides is 2. The van der Waals surface area contributed by atoms with Gasteiger partial charge in [-0.25, -0.2) is 0 Å². The SMILES string of the molecule is CCOC(=O)C[C@@H](C)[C@@H](NC(=O)c1cc(C)cc(C)c1)C(N)=O. The molecule has 0 aliphatic rings. The Balaban J connectivity index is 2.84. The molecule has 1 aromatic rings. The molecule has 6 heteroatoms. The van der Waals surface area contributed by atoms with Crippen molar-refractivity contribution >= 4 is 17.8 Å². The molecule has 0 bridgehead atoms. The maximum absolute atomic E-state index is 12.3. The topological polar surface area (TPSA) is 98.5 Å². The van der Waals surface area contributed by atoms with Crippen LogP contribution in [0.15, 0.2) is 18.2 Å². The first-order valence-corrected chi connectivity index (χ1v) is 7.58. The lowest BCUT2D eigenvalue weighted by molar-refractivity contribution is -0.144. The number of carbonyl (C=O) groups is 3. The van der Waals surface area contributed by atoms with Crippen molar-refractivity contribution in [2.45, 2.75) is 40.2 Å².